The maximum absolute atomic E-state index is 13.8. The van der Waals surface area contributed by atoms with Crippen LogP contribution in [0.4, 0.5) is 0 Å². The van der Waals surface area contributed by atoms with Crippen molar-refractivity contribution in [3.05, 3.63) is 59.7 Å². The number of carbonyl (C=O) groups is 3. The number of nitrogens with zero attached hydrogens (tertiary/aromatic N) is 1. The third kappa shape index (κ3) is 5.16. The van der Waals surface area contributed by atoms with E-state index in [4.69, 9.17) is 9.47 Å². The number of ether oxygens (including phenoxy) is 2. The van der Waals surface area contributed by atoms with E-state index >= 15 is 0 Å². The van der Waals surface area contributed by atoms with Gasteiger partial charge in [0.15, 0.2) is 0 Å². The molecule has 0 N–H and O–H groups in total. The molecule has 0 spiro atoms. The summed E-state index contributed by atoms with van der Waals surface area (Å²) in [5, 5.41) is 1.77. The molecule has 0 saturated carbocycles. The third-order valence-electron chi connectivity index (χ3n) is 6.49. The standard InChI is InChI=1S/C28H35NO5/c1-17(2)29(18(3)4)26(30)25-21(16-15-20-11-7-8-12-22(20)25)19(5)34-28(32)24-14-10-9-13-23(24)27(31)33-6/h7-12,15-19,23-24H,13-14H2,1-6H3/t19-,23-,24+/m1/s1. The van der Waals surface area contributed by atoms with E-state index in [9.17, 15) is 14.4 Å². The second-order valence-electron chi connectivity index (χ2n) is 9.41. The Hall–Kier alpha value is -3.15. The molecule has 0 aromatic heterocycles. The lowest BCUT2D eigenvalue weighted by molar-refractivity contribution is -0.162. The molecule has 6 nitrogen and oxygen atoms in total. The van der Waals surface area contributed by atoms with Crippen LogP contribution in [0.25, 0.3) is 10.8 Å². The number of methoxy groups -OCH3 is 1. The number of allylic oxidation sites excluding steroid dienone is 2. The van der Waals surface area contributed by atoms with Crippen LogP contribution >= 0.6 is 0 Å². The van der Waals surface area contributed by atoms with Gasteiger partial charge in [-0.3, -0.25) is 14.4 Å². The fraction of sp³-hybridized carbons (Fsp3) is 0.464. The van der Waals surface area contributed by atoms with Crippen LogP contribution in [0, 0.1) is 11.8 Å². The van der Waals surface area contributed by atoms with Crippen LogP contribution in [0.2, 0.25) is 0 Å². The molecule has 1 aliphatic rings. The Labute approximate surface area is 201 Å². The van der Waals surface area contributed by atoms with Crippen molar-refractivity contribution in [2.75, 3.05) is 7.11 Å². The Bertz CT molecular complexity index is 1080. The zero-order valence-electron chi connectivity index (χ0n) is 20.9. The summed E-state index contributed by atoms with van der Waals surface area (Å²) in [4.78, 5) is 41.1. The van der Waals surface area contributed by atoms with Gasteiger partial charge in [-0.25, -0.2) is 0 Å². The van der Waals surface area contributed by atoms with Gasteiger partial charge in [0.25, 0.3) is 5.91 Å². The van der Waals surface area contributed by atoms with Crippen LogP contribution in [-0.2, 0) is 19.1 Å². The average molecular weight is 466 g/mol. The Balaban J connectivity index is 2.00. The van der Waals surface area contributed by atoms with Crippen molar-refractivity contribution in [2.45, 2.75) is 65.6 Å². The first-order chi connectivity index (χ1) is 16.2. The van der Waals surface area contributed by atoms with Crippen molar-refractivity contribution in [1.29, 1.82) is 0 Å². The predicted molar refractivity (Wildman–Crippen MR) is 132 cm³/mol. The normalized spacial score (nSPS) is 18.7. The number of carbonyl (C=O) groups excluding carboxylic acids is 3. The van der Waals surface area contributed by atoms with E-state index in [2.05, 4.69) is 0 Å². The SMILES string of the molecule is COC(=O)[C@@H]1CC=CC[C@@H]1C(=O)O[C@H](C)c1ccc2ccccc2c1C(=O)N(C(C)C)C(C)C. The van der Waals surface area contributed by atoms with Crippen molar-refractivity contribution in [1.82, 2.24) is 4.90 Å². The van der Waals surface area contributed by atoms with Crippen LogP contribution in [-0.4, -0.2) is 41.9 Å². The first-order valence-electron chi connectivity index (χ1n) is 11.9. The molecule has 3 atom stereocenters. The number of amides is 1. The molecule has 2 aromatic rings. The summed E-state index contributed by atoms with van der Waals surface area (Å²) in [6, 6.07) is 11.6. The monoisotopic (exact) mass is 465 g/mol. The van der Waals surface area contributed by atoms with Crippen molar-refractivity contribution in [3.8, 4) is 0 Å². The number of hydrogen-bond donors (Lipinski definition) is 0. The zero-order valence-corrected chi connectivity index (χ0v) is 20.9. The lowest BCUT2D eigenvalue weighted by Crippen LogP contribution is -2.42. The van der Waals surface area contributed by atoms with Crippen LogP contribution in [0.1, 0.15) is 69.5 Å². The maximum atomic E-state index is 13.8. The van der Waals surface area contributed by atoms with Gasteiger partial charge in [0.2, 0.25) is 0 Å². The molecule has 6 heteroatoms. The second-order valence-corrected chi connectivity index (χ2v) is 9.41. The Morgan fingerprint density at radius 1 is 0.853 bits per heavy atom. The highest BCUT2D eigenvalue weighted by atomic mass is 16.5. The fourth-order valence-corrected chi connectivity index (χ4v) is 4.87. The van der Waals surface area contributed by atoms with Gasteiger partial charge in [-0.15, -0.1) is 0 Å². The maximum Gasteiger partial charge on any atom is 0.310 e. The summed E-state index contributed by atoms with van der Waals surface area (Å²) >= 11 is 0. The van der Waals surface area contributed by atoms with E-state index < -0.39 is 29.9 Å². The smallest absolute Gasteiger partial charge is 0.310 e. The van der Waals surface area contributed by atoms with Crippen molar-refractivity contribution in [3.63, 3.8) is 0 Å². The molecule has 0 saturated heterocycles. The molecule has 0 aliphatic heterocycles. The minimum absolute atomic E-state index is 0.00650. The van der Waals surface area contributed by atoms with Crippen molar-refractivity contribution >= 4 is 28.6 Å². The van der Waals surface area contributed by atoms with E-state index in [0.717, 1.165) is 10.8 Å². The molecule has 0 unspecified atom stereocenters. The Morgan fingerprint density at radius 2 is 1.44 bits per heavy atom. The van der Waals surface area contributed by atoms with E-state index in [1.54, 1.807) is 6.92 Å². The first kappa shape index (κ1) is 25.5. The molecule has 0 radical (unpaired) electrons. The highest BCUT2D eigenvalue weighted by Gasteiger charge is 2.37. The number of hydrogen-bond acceptors (Lipinski definition) is 5. The summed E-state index contributed by atoms with van der Waals surface area (Å²) in [5.41, 5.74) is 1.21. The van der Waals surface area contributed by atoms with Gasteiger partial charge in [-0.2, -0.15) is 0 Å². The number of esters is 2. The quantitative estimate of drug-likeness (QED) is 0.401. The van der Waals surface area contributed by atoms with Crippen LogP contribution in [0.3, 0.4) is 0 Å². The van der Waals surface area contributed by atoms with Crippen molar-refractivity contribution < 1.29 is 23.9 Å². The van der Waals surface area contributed by atoms with Crippen LogP contribution in [0.5, 0.6) is 0 Å². The minimum atomic E-state index is -0.665. The van der Waals surface area contributed by atoms with Gasteiger partial charge in [0, 0.05) is 17.6 Å². The van der Waals surface area contributed by atoms with Gasteiger partial charge < -0.3 is 14.4 Å². The van der Waals surface area contributed by atoms with Crippen LogP contribution in [0.15, 0.2) is 48.6 Å². The topological polar surface area (TPSA) is 72.9 Å². The predicted octanol–water partition coefficient (Wildman–Crippen LogP) is 5.46. The Kier molecular flexibility index (Phi) is 8.13. The second kappa shape index (κ2) is 10.9. The highest BCUT2D eigenvalue weighted by Crippen LogP contribution is 2.34. The third-order valence-corrected chi connectivity index (χ3v) is 6.49. The number of fused-ring (bicyclic) bond motifs is 1. The van der Waals surface area contributed by atoms with Crippen molar-refractivity contribution in [2.24, 2.45) is 11.8 Å². The Morgan fingerprint density at radius 3 is 2.03 bits per heavy atom. The lowest BCUT2D eigenvalue weighted by Gasteiger charge is -2.33. The van der Waals surface area contributed by atoms with Gasteiger partial charge in [-0.1, -0.05) is 48.6 Å². The molecule has 0 heterocycles. The summed E-state index contributed by atoms with van der Waals surface area (Å²) < 4.78 is 10.8. The molecule has 0 fully saturated rings. The van der Waals surface area contributed by atoms with E-state index in [1.807, 2.05) is 81.1 Å². The molecule has 2 aromatic carbocycles. The van der Waals surface area contributed by atoms with E-state index in [0.29, 0.717) is 24.0 Å². The number of rotatable bonds is 7. The van der Waals surface area contributed by atoms with Gasteiger partial charge >= 0.3 is 11.9 Å². The molecule has 1 amide bonds. The van der Waals surface area contributed by atoms with E-state index in [-0.39, 0.29) is 18.0 Å². The minimum Gasteiger partial charge on any atom is -0.469 e. The lowest BCUT2D eigenvalue weighted by atomic mass is 9.83. The summed E-state index contributed by atoms with van der Waals surface area (Å²) in [6.45, 7) is 9.76. The molecular weight excluding hydrogens is 430 g/mol. The van der Waals surface area contributed by atoms with E-state index in [1.165, 1.54) is 7.11 Å². The molecule has 0 bridgehead atoms. The van der Waals surface area contributed by atoms with Gasteiger partial charge in [0.05, 0.1) is 24.5 Å². The summed E-state index contributed by atoms with van der Waals surface area (Å²) in [5.74, 6) is -2.13. The zero-order chi connectivity index (χ0) is 25.0. The molecule has 1 aliphatic carbocycles. The molecular formula is C28H35NO5. The summed E-state index contributed by atoms with van der Waals surface area (Å²) in [6.07, 6.45) is 3.98. The summed E-state index contributed by atoms with van der Waals surface area (Å²) in [7, 11) is 1.33. The van der Waals surface area contributed by atoms with Crippen LogP contribution < -0.4 is 0 Å². The molecule has 182 valence electrons. The van der Waals surface area contributed by atoms with Gasteiger partial charge in [-0.05, 0) is 58.2 Å². The molecule has 3 rings (SSSR count). The largest absolute Gasteiger partial charge is 0.469 e. The molecule has 34 heavy (non-hydrogen) atoms. The highest BCUT2D eigenvalue weighted by molar-refractivity contribution is 6.08. The number of benzene rings is 2. The average Bonchev–Trinajstić information content (AvgIpc) is 2.82. The first-order valence-corrected chi connectivity index (χ1v) is 11.9. The van der Waals surface area contributed by atoms with Gasteiger partial charge in [0.1, 0.15) is 6.10 Å². The fourth-order valence-electron chi connectivity index (χ4n) is 4.87.